The van der Waals surface area contributed by atoms with Crippen LogP contribution in [0.25, 0.3) is 0 Å². The largest absolute Gasteiger partial charge is 0.495 e. The highest BCUT2D eigenvalue weighted by Gasteiger charge is 2.24. The van der Waals surface area contributed by atoms with Crippen LogP contribution in [0.5, 0.6) is 11.5 Å². The second-order valence-corrected chi connectivity index (χ2v) is 5.80. The molecule has 2 rings (SSSR count). The molecule has 1 aliphatic carbocycles. The van der Waals surface area contributed by atoms with E-state index in [1.54, 1.807) is 14.2 Å². The summed E-state index contributed by atoms with van der Waals surface area (Å²) in [7, 11) is 3.30. The zero-order chi connectivity index (χ0) is 14.5. The highest BCUT2D eigenvalue weighted by molar-refractivity contribution is 6.32. The maximum absolute atomic E-state index is 6.15. The van der Waals surface area contributed by atoms with Crippen LogP contribution in [-0.2, 0) is 0 Å². The van der Waals surface area contributed by atoms with Gasteiger partial charge in [0.05, 0.1) is 24.9 Å². The molecule has 0 saturated heterocycles. The fourth-order valence-corrected chi connectivity index (χ4v) is 3.29. The molecule has 0 bridgehead atoms. The van der Waals surface area contributed by atoms with Crippen LogP contribution in [0.3, 0.4) is 0 Å². The molecule has 2 unspecified atom stereocenters. The van der Waals surface area contributed by atoms with Crippen molar-refractivity contribution in [3.8, 4) is 11.5 Å². The molecule has 1 N–H and O–H groups in total. The van der Waals surface area contributed by atoms with Crippen LogP contribution in [-0.4, -0.2) is 20.3 Å². The SMILES string of the molecule is CCC1CCCCC1Nc1cc(OC)c(Cl)cc1OC. The number of ether oxygens (including phenoxy) is 2. The van der Waals surface area contributed by atoms with E-state index >= 15 is 0 Å². The molecule has 1 fully saturated rings. The van der Waals surface area contributed by atoms with Crippen molar-refractivity contribution in [3.05, 3.63) is 17.2 Å². The van der Waals surface area contributed by atoms with Crippen molar-refractivity contribution in [2.24, 2.45) is 5.92 Å². The number of anilines is 1. The summed E-state index contributed by atoms with van der Waals surface area (Å²) in [6.45, 7) is 2.27. The van der Waals surface area contributed by atoms with Crippen LogP contribution >= 0.6 is 11.6 Å². The van der Waals surface area contributed by atoms with Gasteiger partial charge in [0.15, 0.2) is 0 Å². The molecule has 0 amide bonds. The summed E-state index contributed by atoms with van der Waals surface area (Å²) in [5.41, 5.74) is 0.971. The van der Waals surface area contributed by atoms with Gasteiger partial charge in [-0.3, -0.25) is 0 Å². The smallest absolute Gasteiger partial charge is 0.143 e. The summed E-state index contributed by atoms with van der Waals surface area (Å²) in [4.78, 5) is 0. The standard InChI is InChI=1S/C16H24ClNO2/c1-4-11-7-5-6-8-13(11)18-14-10-15(19-2)12(17)9-16(14)20-3/h9-11,13,18H,4-8H2,1-3H3. The number of hydrogen-bond acceptors (Lipinski definition) is 3. The molecule has 2 atom stereocenters. The van der Waals surface area contributed by atoms with E-state index in [2.05, 4.69) is 12.2 Å². The molecule has 1 aliphatic rings. The van der Waals surface area contributed by atoms with Gasteiger partial charge < -0.3 is 14.8 Å². The number of methoxy groups -OCH3 is 2. The molecular formula is C16H24ClNO2. The minimum Gasteiger partial charge on any atom is -0.495 e. The van der Waals surface area contributed by atoms with E-state index in [4.69, 9.17) is 21.1 Å². The van der Waals surface area contributed by atoms with Gasteiger partial charge in [0.25, 0.3) is 0 Å². The molecule has 20 heavy (non-hydrogen) atoms. The molecule has 0 spiro atoms. The Kier molecular flexibility index (Phi) is 5.41. The molecule has 4 heteroatoms. The average Bonchev–Trinajstić information content (AvgIpc) is 2.49. The number of rotatable bonds is 5. The van der Waals surface area contributed by atoms with E-state index in [1.165, 1.54) is 32.1 Å². The van der Waals surface area contributed by atoms with Crippen LogP contribution < -0.4 is 14.8 Å². The van der Waals surface area contributed by atoms with Crippen molar-refractivity contribution in [2.75, 3.05) is 19.5 Å². The van der Waals surface area contributed by atoms with Gasteiger partial charge in [-0.05, 0) is 18.8 Å². The summed E-state index contributed by atoms with van der Waals surface area (Å²) in [6.07, 6.45) is 6.37. The van der Waals surface area contributed by atoms with E-state index < -0.39 is 0 Å². The second kappa shape index (κ2) is 7.07. The molecular weight excluding hydrogens is 274 g/mol. The summed E-state index contributed by atoms with van der Waals surface area (Å²) >= 11 is 6.15. The molecule has 0 aliphatic heterocycles. The number of halogens is 1. The highest BCUT2D eigenvalue weighted by Crippen LogP contribution is 2.38. The molecule has 112 valence electrons. The Morgan fingerprint density at radius 3 is 2.50 bits per heavy atom. The first kappa shape index (κ1) is 15.3. The lowest BCUT2D eigenvalue weighted by Crippen LogP contribution is -2.31. The highest BCUT2D eigenvalue weighted by atomic mass is 35.5. The normalized spacial score (nSPS) is 22.4. The molecule has 0 aromatic heterocycles. The van der Waals surface area contributed by atoms with E-state index in [9.17, 15) is 0 Å². The van der Waals surface area contributed by atoms with Crippen LogP contribution in [0, 0.1) is 5.92 Å². The molecule has 0 radical (unpaired) electrons. The predicted molar refractivity (Wildman–Crippen MR) is 84.2 cm³/mol. The van der Waals surface area contributed by atoms with Gasteiger partial charge in [-0.25, -0.2) is 0 Å². The number of nitrogens with one attached hydrogen (secondary N) is 1. The summed E-state index contributed by atoms with van der Waals surface area (Å²) < 4.78 is 10.7. The van der Waals surface area contributed by atoms with Crippen molar-refractivity contribution in [3.63, 3.8) is 0 Å². The Bertz CT molecular complexity index is 450. The lowest BCUT2D eigenvalue weighted by Gasteiger charge is -2.32. The first-order chi connectivity index (χ1) is 9.69. The Labute approximate surface area is 126 Å². The number of benzene rings is 1. The molecule has 3 nitrogen and oxygen atoms in total. The Morgan fingerprint density at radius 1 is 1.15 bits per heavy atom. The first-order valence-electron chi connectivity index (χ1n) is 7.37. The predicted octanol–water partition coefficient (Wildman–Crippen LogP) is 4.74. The first-order valence-corrected chi connectivity index (χ1v) is 7.75. The van der Waals surface area contributed by atoms with Gasteiger partial charge >= 0.3 is 0 Å². The molecule has 0 heterocycles. The fraction of sp³-hybridized carbons (Fsp3) is 0.625. The topological polar surface area (TPSA) is 30.5 Å². The lowest BCUT2D eigenvalue weighted by molar-refractivity contribution is 0.316. The fourth-order valence-electron chi connectivity index (χ4n) is 3.06. The third kappa shape index (κ3) is 3.32. The van der Waals surface area contributed by atoms with Gasteiger partial charge in [-0.15, -0.1) is 0 Å². The molecule has 1 aromatic carbocycles. The van der Waals surface area contributed by atoms with E-state index in [1.807, 2.05) is 12.1 Å². The van der Waals surface area contributed by atoms with E-state index in [-0.39, 0.29) is 0 Å². The minimum atomic E-state index is 0.508. The van der Waals surface area contributed by atoms with Crippen LogP contribution in [0.4, 0.5) is 5.69 Å². The van der Waals surface area contributed by atoms with E-state index in [0.29, 0.717) is 16.8 Å². The Morgan fingerprint density at radius 2 is 1.85 bits per heavy atom. The lowest BCUT2D eigenvalue weighted by atomic mass is 9.83. The van der Waals surface area contributed by atoms with Crippen molar-refractivity contribution in [2.45, 2.75) is 45.1 Å². The van der Waals surface area contributed by atoms with Gasteiger partial charge in [-0.2, -0.15) is 0 Å². The maximum Gasteiger partial charge on any atom is 0.143 e. The van der Waals surface area contributed by atoms with Gasteiger partial charge in [0, 0.05) is 18.2 Å². The van der Waals surface area contributed by atoms with Crippen LogP contribution in [0.1, 0.15) is 39.0 Å². The number of hydrogen-bond donors (Lipinski definition) is 1. The van der Waals surface area contributed by atoms with E-state index in [0.717, 1.165) is 17.4 Å². The quantitative estimate of drug-likeness (QED) is 0.851. The van der Waals surface area contributed by atoms with Crippen molar-refractivity contribution in [1.29, 1.82) is 0 Å². The van der Waals surface area contributed by atoms with Crippen molar-refractivity contribution in [1.82, 2.24) is 0 Å². The minimum absolute atomic E-state index is 0.508. The van der Waals surface area contributed by atoms with Crippen LogP contribution in [0.2, 0.25) is 5.02 Å². The van der Waals surface area contributed by atoms with Gasteiger partial charge in [0.2, 0.25) is 0 Å². The van der Waals surface area contributed by atoms with Crippen molar-refractivity contribution < 1.29 is 9.47 Å². The molecule has 1 aromatic rings. The van der Waals surface area contributed by atoms with Gasteiger partial charge in [0.1, 0.15) is 11.5 Å². The summed E-state index contributed by atoms with van der Waals surface area (Å²) in [5.74, 6) is 2.19. The summed E-state index contributed by atoms with van der Waals surface area (Å²) in [5, 5.41) is 4.21. The Hall–Kier alpha value is -1.09. The average molecular weight is 298 g/mol. The van der Waals surface area contributed by atoms with Crippen molar-refractivity contribution >= 4 is 17.3 Å². The third-order valence-corrected chi connectivity index (χ3v) is 4.54. The second-order valence-electron chi connectivity index (χ2n) is 5.39. The van der Waals surface area contributed by atoms with Gasteiger partial charge in [-0.1, -0.05) is 37.8 Å². The maximum atomic E-state index is 6.15. The summed E-state index contributed by atoms with van der Waals surface area (Å²) in [6, 6.07) is 4.25. The Balaban J connectivity index is 2.22. The zero-order valence-corrected chi connectivity index (χ0v) is 13.3. The molecule has 1 saturated carbocycles. The monoisotopic (exact) mass is 297 g/mol. The third-order valence-electron chi connectivity index (χ3n) is 4.25. The zero-order valence-electron chi connectivity index (χ0n) is 12.5. The van der Waals surface area contributed by atoms with Crippen LogP contribution in [0.15, 0.2) is 12.1 Å².